The minimum Gasteiger partial charge on any atom is -0.314 e. The third-order valence-electron chi connectivity index (χ3n) is 3.61. The van der Waals surface area contributed by atoms with Crippen LogP contribution in [0.2, 0.25) is 0 Å². The molecule has 100 valence electrons. The molecule has 0 unspecified atom stereocenters. The van der Waals surface area contributed by atoms with Crippen LogP contribution in [0.15, 0.2) is 36.7 Å². The van der Waals surface area contributed by atoms with Crippen LogP contribution in [0.3, 0.4) is 0 Å². The molecule has 0 saturated carbocycles. The maximum Gasteiger partial charge on any atom is 0.0674 e. The number of piperazine rings is 1. The Bertz CT molecular complexity index is 541. The van der Waals surface area contributed by atoms with Gasteiger partial charge in [0.2, 0.25) is 0 Å². The molecule has 0 spiro atoms. The van der Waals surface area contributed by atoms with Crippen molar-refractivity contribution >= 4 is 0 Å². The van der Waals surface area contributed by atoms with Crippen molar-refractivity contribution in [3.05, 3.63) is 47.8 Å². The van der Waals surface area contributed by atoms with Crippen LogP contribution >= 0.6 is 0 Å². The molecule has 1 N–H and O–H groups in total. The molecule has 0 amide bonds. The molecule has 0 radical (unpaired) electrons. The summed E-state index contributed by atoms with van der Waals surface area (Å²) in [6.45, 7) is 7.53. The Morgan fingerprint density at radius 1 is 1.21 bits per heavy atom. The summed E-state index contributed by atoms with van der Waals surface area (Å²) in [5.74, 6) is 0. The van der Waals surface area contributed by atoms with Gasteiger partial charge in [-0.15, -0.1) is 0 Å². The molecule has 1 aliphatic heterocycles. The number of hydrogen-bond donors (Lipinski definition) is 1. The monoisotopic (exact) mass is 256 g/mol. The number of nitrogens with zero attached hydrogens (tertiary/aromatic N) is 3. The van der Waals surface area contributed by atoms with Crippen molar-refractivity contribution in [2.24, 2.45) is 0 Å². The second kappa shape index (κ2) is 5.55. The van der Waals surface area contributed by atoms with E-state index >= 15 is 0 Å². The highest BCUT2D eigenvalue weighted by molar-refractivity contribution is 5.39. The SMILES string of the molecule is Cc1ccccc1-n1cc(CN2CCNCC2)cn1. The first-order valence-electron chi connectivity index (χ1n) is 6.85. The van der Waals surface area contributed by atoms with E-state index in [1.165, 1.54) is 11.1 Å². The molecule has 2 aromatic rings. The zero-order valence-electron chi connectivity index (χ0n) is 11.3. The maximum absolute atomic E-state index is 4.49. The minimum absolute atomic E-state index is 0.994. The molecule has 1 fully saturated rings. The molecule has 1 aromatic carbocycles. The summed E-state index contributed by atoms with van der Waals surface area (Å²) >= 11 is 0. The quantitative estimate of drug-likeness (QED) is 0.905. The Kier molecular flexibility index (Phi) is 3.62. The van der Waals surface area contributed by atoms with Gasteiger partial charge in [0.25, 0.3) is 0 Å². The van der Waals surface area contributed by atoms with E-state index in [1.807, 2.05) is 10.9 Å². The molecule has 3 rings (SSSR count). The summed E-state index contributed by atoms with van der Waals surface area (Å²) in [6, 6.07) is 8.34. The molecule has 4 nitrogen and oxygen atoms in total. The average molecular weight is 256 g/mol. The number of hydrogen-bond acceptors (Lipinski definition) is 3. The highest BCUT2D eigenvalue weighted by Crippen LogP contribution is 2.14. The highest BCUT2D eigenvalue weighted by atomic mass is 15.3. The van der Waals surface area contributed by atoms with Crippen molar-refractivity contribution in [3.63, 3.8) is 0 Å². The topological polar surface area (TPSA) is 33.1 Å². The largest absolute Gasteiger partial charge is 0.314 e. The second-order valence-electron chi connectivity index (χ2n) is 5.11. The molecular weight excluding hydrogens is 236 g/mol. The Morgan fingerprint density at radius 2 is 2.00 bits per heavy atom. The fraction of sp³-hybridized carbons (Fsp3) is 0.400. The van der Waals surface area contributed by atoms with E-state index in [0.717, 1.165) is 38.4 Å². The van der Waals surface area contributed by atoms with E-state index in [1.54, 1.807) is 0 Å². The minimum atomic E-state index is 0.994. The van der Waals surface area contributed by atoms with Crippen LogP contribution in [0.5, 0.6) is 0 Å². The van der Waals surface area contributed by atoms with E-state index in [4.69, 9.17) is 0 Å². The summed E-state index contributed by atoms with van der Waals surface area (Å²) < 4.78 is 1.98. The van der Waals surface area contributed by atoms with Gasteiger partial charge in [-0.25, -0.2) is 4.68 Å². The molecule has 1 aromatic heterocycles. The Balaban J connectivity index is 1.74. The van der Waals surface area contributed by atoms with Crippen molar-refractivity contribution in [2.75, 3.05) is 26.2 Å². The van der Waals surface area contributed by atoms with Gasteiger partial charge in [0, 0.05) is 44.5 Å². The predicted octanol–water partition coefficient (Wildman–Crippen LogP) is 1.59. The summed E-state index contributed by atoms with van der Waals surface area (Å²) in [6.07, 6.45) is 4.12. The number of aromatic nitrogens is 2. The first-order valence-corrected chi connectivity index (χ1v) is 6.85. The Labute approximate surface area is 114 Å². The van der Waals surface area contributed by atoms with Gasteiger partial charge < -0.3 is 5.32 Å². The normalized spacial score (nSPS) is 16.7. The Hall–Kier alpha value is -1.65. The van der Waals surface area contributed by atoms with Crippen molar-refractivity contribution in [2.45, 2.75) is 13.5 Å². The lowest BCUT2D eigenvalue weighted by molar-refractivity contribution is 0.233. The highest BCUT2D eigenvalue weighted by Gasteiger charge is 2.11. The zero-order chi connectivity index (χ0) is 13.1. The van der Waals surface area contributed by atoms with Gasteiger partial charge in [-0.1, -0.05) is 18.2 Å². The van der Waals surface area contributed by atoms with Crippen molar-refractivity contribution in [1.29, 1.82) is 0 Å². The number of nitrogens with one attached hydrogen (secondary N) is 1. The van der Waals surface area contributed by atoms with E-state index in [9.17, 15) is 0 Å². The van der Waals surface area contributed by atoms with E-state index in [0.29, 0.717) is 0 Å². The standard InChI is InChI=1S/C15H20N4/c1-13-4-2-3-5-15(13)19-12-14(10-17-19)11-18-8-6-16-7-9-18/h2-5,10,12,16H,6-9,11H2,1H3. The smallest absolute Gasteiger partial charge is 0.0674 e. The summed E-state index contributed by atoms with van der Waals surface area (Å²) in [7, 11) is 0. The van der Waals surface area contributed by atoms with Gasteiger partial charge in [-0.2, -0.15) is 5.10 Å². The molecule has 0 bridgehead atoms. The molecule has 19 heavy (non-hydrogen) atoms. The van der Waals surface area contributed by atoms with Crippen LogP contribution in [0.4, 0.5) is 0 Å². The van der Waals surface area contributed by atoms with Crippen molar-refractivity contribution < 1.29 is 0 Å². The third kappa shape index (κ3) is 2.85. The maximum atomic E-state index is 4.49. The lowest BCUT2D eigenvalue weighted by Crippen LogP contribution is -2.42. The van der Waals surface area contributed by atoms with Crippen molar-refractivity contribution in [1.82, 2.24) is 20.0 Å². The Morgan fingerprint density at radius 3 is 2.79 bits per heavy atom. The van der Waals surface area contributed by atoms with Crippen LogP contribution in [0.25, 0.3) is 5.69 Å². The molecule has 2 heterocycles. The van der Waals surface area contributed by atoms with Gasteiger partial charge in [-0.05, 0) is 18.6 Å². The van der Waals surface area contributed by atoms with Gasteiger partial charge in [-0.3, -0.25) is 4.90 Å². The van der Waals surface area contributed by atoms with Crippen LogP contribution in [0, 0.1) is 6.92 Å². The van der Waals surface area contributed by atoms with Gasteiger partial charge in [0.05, 0.1) is 11.9 Å². The molecule has 4 heteroatoms. The second-order valence-corrected chi connectivity index (χ2v) is 5.11. The molecule has 0 aliphatic carbocycles. The first-order chi connectivity index (χ1) is 9.33. The summed E-state index contributed by atoms with van der Waals surface area (Å²) in [5, 5.41) is 7.86. The van der Waals surface area contributed by atoms with Crippen LogP contribution in [-0.2, 0) is 6.54 Å². The fourth-order valence-electron chi connectivity index (χ4n) is 2.52. The average Bonchev–Trinajstić information content (AvgIpc) is 2.89. The van der Waals surface area contributed by atoms with Gasteiger partial charge in [0.15, 0.2) is 0 Å². The van der Waals surface area contributed by atoms with E-state index < -0.39 is 0 Å². The van der Waals surface area contributed by atoms with E-state index in [2.05, 4.69) is 52.7 Å². The first kappa shape index (κ1) is 12.4. The van der Waals surface area contributed by atoms with E-state index in [-0.39, 0.29) is 0 Å². The lowest BCUT2D eigenvalue weighted by Gasteiger charge is -2.26. The fourth-order valence-corrected chi connectivity index (χ4v) is 2.52. The third-order valence-corrected chi connectivity index (χ3v) is 3.61. The van der Waals surface area contributed by atoms with Crippen LogP contribution in [0.1, 0.15) is 11.1 Å². The molecular formula is C15H20N4. The molecule has 0 atom stereocenters. The number of rotatable bonds is 3. The van der Waals surface area contributed by atoms with Crippen LogP contribution in [-0.4, -0.2) is 40.9 Å². The van der Waals surface area contributed by atoms with Gasteiger partial charge >= 0.3 is 0 Å². The molecule has 1 aliphatic rings. The number of benzene rings is 1. The van der Waals surface area contributed by atoms with Crippen molar-refractivity contribution in [3.8, 4) is 5.69 Å². The summed E-state index contributed by atoms with van der Waals surface area (Å²) in [5.41, 5.74) is 3.69. The number of aryl methyl sites for hydroxylation is 1. The van der Waals surface area contributed by atoms with Gasteiger partial charge in [0.1, 0.15) is 0 Å². The summed E-state index contributed by atoms with van der Waals surface area (Å²) in [4.78, 5) is 2.47. The zero-order valence-corrected chi connectivity index (χ0v) is 11.3. The predicted molar refractivity (Wildman–Crippen MR) is 76.4 cm³/mol. The molecule has 1 saturated heterocycles. The van der Waals surface area contributed by atoms with Crippen LogP contribution < -0.4 is 5.32 Å². The number of para-hydroxylation sites is 1. The lowest BCUT2D eigenvalue weighted by atomic mass is 10.2.